The summed E-state index contributed by atoms with van der Waals surface area (Å²) in [5.41, 5.74) is 8.16. The average Bonchev–Trinajstić information content (AvgIpc) is 3.35. The Kier molecular flexibility index (Phi) is 4.39. The zero-order chi connectivity index (χ0) is 21.5. The summed E-state index contributed by atoms with van der Waals surface area (Å²) >= 11 is 0. The summed E-state index contributed by atoms with van der Waals surface area (Å²) in [7, 11) is 0. The van der Waals surface area contributed by atoms with Crippen LogP contribution in [-0.2, 0) is 0 Å². The average molecular weight is 412 g/mol. The van der Waals surface area contributed by atoms with Gasteiger partial charge in [0.05, 0.1) is 5.69 Å². The molecule has 0 fully saturated rings. The molecule has 4 aromatic carbocycles. The van der Waals surface area contributed by atoms with Crippen molar-refractivity contribution in [1.29, 1.82) is 0 Å². The minimum atomic E-state index is 0.334. The smallest absolute Gasteiger partial charge is 0.211 e. The summed E-state index contributed by atoms with van der Waals surface area (Å²) < 4.78 is 0. The lowest BCUT2D eigenvalue weighted by atomic mass is 9.40. The van der Waals surface area contributed by atoms with E-state index in [1.54, 1.807) is 0 Å². The molecule has 0 amide bonds. The number of benzene rings is 4. The monoisotopic (exact) mass is 412 g/mol. The largest absolute Gasteiger partial charge is 0.321 e. The van der Waals surface area contributed by atoms with Gasteiger partial charge in [-0.25, -0.2) is 0 Å². The molecule has 152 valence electrons. The Bertz CT molecular complexity index is 1360. The summed E-state index contributed by atoms with van der Waals surface area (Å²) in [5, 5.41) is 8.94. The van der Waals surface area contributed by atoms with E-state index < -0.39 is 0 Å². The first-order valence-electron chi connectivity index (χ1n) is 10.9. The van der Waals surface area contributed by atoms with Gasteiger partial charge >= 0.3 is 0 Å². The molecule has 0 saturated heterocycles. The van der Waals surface area contributed by atoms with E-state index in [0.29, 0.717) is 6.71 Å². The van der Waals surface area contributed by atoms with E-state index in [-0.39, 0.29) is 0 Å². The molecule has 5 heteroatoms. The molecule has 5 aromatic rings. The number of hydrogen-bond acceptors (Lipinski definition) is 3. The molecule has 0 radical (unpaired) electrons. The maximum absolute atomic E-state index is 4.51. The van der Waals surface area contributed by atoms with Crippen LogP contribution in [0.2, 0.25) is 6.82 Å². The molecule has 0 unspecified atom stereocenters. The van der Waals surface area contributed by atoms with E-state index >= 15 is 0 Å². The minimum absolute atomic E-state index is 0.334. The van der Waals surface area contributed by atoms with Crippen molar-refractivity contribution in [1.82, 2.24) is 15.2 Å². The molecular formula is C27H21BN4. The third kappa shape index (κ3) is 2.94. The van der Waals surface area contributed by atoms with E-state index in [2.05, 4.69) is 93.6 Å². The summed E-state index contributed by atoms with van der Waals surface area (Å²) in [6.07, 6.45) is 0. The number of H-pyrrole nitrogens is 1. The molecule has 1 aromatic heterocycles. The first kappa shape index (κ1) is 18.6. The van der Waals surface area contributed by atoms with Crippen LogP contribution >= 0.6 is 0 Å². The molecule has 2 heterocycles. The predicted molar refractivity (Wildman–Crippen MR) is 133 cm³/mol. The summed E-state index contributed by atoms with van der Waals surface area (Å²) in [6, 6.07) is 35.8. The normalized spacial score (nSPS) is 12.4. The number of nitrogens with zero attached hydrogens (tertiary/aromatic N) is 3. The zero-order valence-electron chi connectivity index (χ0n) is 17.7. The number of aromatic amines is 1. The molecular weight excluding hydrogens is 391 g/mol. The highest BCUT2D eigenvalue weighted by molar-refractivity contribution is 6.87. The van der Waals surface area contributed by atoms with Crippen molar-refractivity contribution >= 4 is 34.7 Å². The van der Waals surface area contributed by atoms with Crippen molar-refractivity contribution in [2.45, 2.75) is 6.82 Å². The van der Waals surface area contributed by atoms with Crippen molar-refractivity contribution in [3.63, 3.8) is 0 Å². The van der Waals surface area contributed by atoms with Gasteiger partial charge < -0.3 is 9.88 Å². The summed E-state index contributed by atoms with van der Waals surface area (Å²) in [4.78, 5) is 5.78. The summed E-state index contributed by atoms with van der Waals surface area (Å²) in [5.74, 6) is 1.52. The quantitative estimate of drug-likeness (QED) is 0.417. The second-order valence-electron chi connectivity index (χ2n) is 8.08. The molecule has 6 rings (SSSR count). The van der Waals surface area contributed by atoms with Gasteiger partial charge in [0.25, 0.3) is 0 Å². The van der Waals surface area contributed by atoms with E-state index in [4.69, 9.17) is 0 Å². The Morgan fingerprint density at radius 1 is 0.594 bits per heavy atom. The molecule has 4 nitrogen and oxygen atoms in total. The van der Waals surface area contributed by atoms with E-state index in [9.17, 15) is 0 Å². The van der Waals surface area contributed by atoms with Gasteiger partial charge in [-0.05, 0) is 24.3 Å². The van der Waals surface area contributed by atoms with Crippen LogP contribution in [-0.4, -0.2) is 21.9 Å². The number of rotatable bonds is 3. The SMILES string of the molecule is CB1c2ccccc2N(c2ccccc2-c2nnc(-c3ccccc3)[nH]2)c2ccccc21. The molecule has 0 aliphatic carbocycles. The lowest BCUT2D eigenvalue weighted by Crippen LogP contribution is -2.47. The maximum atomic E-state index is 4.51. The van der Waals surface area contributed by atoms with Gasteiger partial charge in [-0.15, -0.1) is 10.2 Å². The number of nitrogens with one attached hydrogen (secondary N) is 1. The van der Waals surface area contributed by atoms with Crippen LogP contribution < -0.4 is 15.8 Å². The zero-order valence-corrected chi connectivity index (χ0v) is 17.7. The van der Waals surface area contributed by atoms with Crippen LogP contribution in [0.15, 0.2) is 103 Å². The van der Waals surface area contributed by atoms with Gasteiger partial charge in [-0.2, -0.15) is 0 Å². The first-order valence-corrected chi connectivity index (χ1v) is 10.9. The van der Waals surface area contributed by atoms with Crippen molar-refractivity contribution in [3.8, 4) is 22.8 Å². The van der Waals surface area contributed by atoms with E-state index in [1.807, 2.05) is 36.4 Å². The molecule has 1 N–H and O–H groups in total. The van der Waals surface area contributed by atoms with Crippen molar-refractivity contribution < 1.29 is 0 Å². The molecule has 0 atom stereocenters. The van der Waals surface area contributed by atoms with Gasteiger partial charge in [-0.1, -0.05) is 96.6 Å². The highest BCUT2D eigenvalue weighted by Crippen LogP contribution is 2.40. The van der Waals surface area contributed by atoms with Gasteiger partial charge in [0, 0.05) is 22.5 Å². The summed E-state index contributed by atoms with van der Waals surface area (Å²) in [6.45, 7) is 2.62. The van der Waals surface area contributed by atoms with Crippen LogP contribution in [0.5, 0.6) is 0 Å². The fraction of sp³-hybridized carbons (Fsp3) is 0.0370. The minimum Gasteiger partial charge on any atom is -0.321 e. The predicted octanol–water partition coefficient (Wildman–Crippen LogP) is 5.16. The van der Waals surface area contributed by atoms with Crippen molar-refractivity contribution in [3.05, 3.63) is 103 Å². The number of anilines is 3. The third-order valence-corrected chi connectivity index (χ3v) is 6.22. The van der Waals surface area contributed by atoms with Crippen LogP contribution in [0.4, 0.5) is 17.1 Å². The molecule has 0 bridgehead atoms. The van der Waals surface area contributed by atoms with Crippen LogP contribution in [0, 0.1) is 0 Å². The van der Waals surface area contributed by atoms with Crippen molar-refractivity contribution in [2.75, 3.05) is 4.90 Å². The van der Waals surface area contributed by atoms with E-state index in [0.717, 1.165) is 28.5 Å². The van der Waals surface area contributed by atoms with Crippen molar-refractivity contribution in [2.24, 2.45) is 0 Å². The number of fused-ring (bicyclic) bond motifs is 2. The Hall–Kier alpha value is -4.12. The van der Waals surface area contributed by atoms with Crippen LogP contribution in [0.1, 0.15) is 0 Å². The lowest BCUT2D eigenvalue weighted by Gasteiger charge is -2.36. The highest BCUT2D eigenvalue weighted by atomic mass is 15.2. The third-order valence-electron chi connectivity index (χ3n) is 6.22. The fourth-order valence-electron chi connectivity index (χ4n) is 4.65. The maximum Gasteiger partial charge on any atom is 0.211 e. The van der Waals surface area contributed by atoms with E-state index in [1.165, 1.54) is 22.3 Å². The fourth-order valence-corrected chi connectivity index (χ4v) is 4.65. The van der Waals surface area contributed by atoms with Gasteiger partial charge in [0.1, 0.15) is 0 Å². The molecule has 0 spiro atoms. The Morgan fingerprint density at radius 3 is 1.81 bits per heavy atom. The Labute approximate surface area is 187 Å². The molecule has 32 heavy (non-hydrogen) atoms. The van der Waals surface area contributed by atoms with Gasteiger partial charge in [0.2, 0.25) is 6.71 Å². The van der Waals surface area contributed by atoms with Gasteiger partial charge in [-0.3, -0.25) is 0 Å². The number of hydrogen-bond donors (Lipinski definition) is 1. The molecule has 1 aliphatic rings. The first-order chi connectivity index (χ1) is 15.8. The standard InChI is InChI=1S/C27H21BN4/c1-28-21-14-6-9-17-24(21)32(25-18-10-7-15-22(25)28)23-16-8-5-13-20(23)27-29-26(30-31-27)19-11-3-2-4-12-19/h2-18H,1H3,(H,29,30,31). The Balaban J connectivity index is 1.54. The molecule has 0 saturated carbocycles. The highest BCUT2D eigenvalue weighted by Gasteiger charge is 2.31. The lowest BCUT2D eigenvalue weighted by molar-refractivity contribution is 1.10. The second-order valence-corrected chi connectivity index (χ2v) is 8.08. The Morgan fingerprint density at radius 2 is 1.12 bits per heavy atom. The number of para-hydroxylation sites is 3. The van der Waals surface area contributed by atoms with Crippen LogP contribution in [0.3, 0.4) is 0 Å². The van der Waals surface area contributed by atoms with Crippen LogP contribution in [0.25, 0.3) is 22.8 Å². The number of aromatic nitrogens is 3. The topological polar surface area (TPSA) is 44.8 Å². The van der Waals surface area contributed by atoms with Gasteiger partial charge in [0.15, 0.2) is 11.6 Å². The molecule has 1 aliphatic heterocycles. The second kappa shape index (κ2) is 7.54.